The van der Waals surface area contributed by atoms with Crippen molar-refractivity contribution in [2.45, 2.75) is 18.6 Å². The van der Waals surface area contributed by atoms with Gasteiger partial charge in [0.1, 0.15) is 17.6 Å². The second kappa shape index (κ2) is 8.92. The van der Waals surface area contributed by atoms with E-state index in [-0.39, 0.29) is 17.5 Å². The van der Waals surface area contributed by atoms with Crippen LogP contribution in [0.3, 0.4) is 0 Å². The van der Waals surface area contributed by atoms with Gasteiger partial charge in [-0.25, -0.2) is 18.2 Å². The van der Waals surface area contributed by atoms with Crippen LogP contribution in [0.2, 0.25) is 5.15 Å². The molecule has 0 aliphatic carbocycles. The van der Waals surface area contributed by atoms with E-state index in [4.69, 9.17) is 21.4 Å². The number of rotatable bonds is 10. The third-order valence-electron chi connectivity index (χ3n) is 2.53. The summed E-state index contributed by atoms with van der Waals surface area (Å²) < 4.78 is 27.5. The van der Waals surface area contributed by atoms with E-state index < -0.39 is 15.8 Å². The van der Waals surface area contributed by atoms with E-state index in [0.717, 1.165) is 12.7 Å². The zero-order valence-electron chi connectivity index (χ0n) is 12.2. The van der Waals surface area contributed by atoms with E-state index in [1.165, 1.54) is 6.07 Å². The van der Waals surface area contributed by atoms with Gasteiger partial charge in [-0.15, -0.1) is 0 Å². The van der Waals surface area contributed by atoms with Crippen molar-refractivity contribution >= 4 is 33.2 Å². The molecule has 1 heterocycles. The lowest BCUT2D eigenvalue weighted by Crippen LogP contribution is -2.09. The summed E-state index contributed by atoms with van der Waals surface area (Å²) in [7, 11) is -3.13. The van der Waals surface area contributed by atoms with Crippen LogP contribution < -0.4 is 5.32 Å². The Morgan fingerprint density at radius 1 is 1.41 bits per heavy atom. The number of pyridine rings is 1. The Bertz CT molecular complexity index is 606. The second-order valence-corrected chi connectivity index (χ2v) is 7.36. The van der Waals surface area contributed by atoms with Gasteiger partial charge in [0.2, 0.25) is 0 Å². The van der Waals surface area contributed by atoms with Crippen LogP contribution in [0.4, 0.5) is 5.82 Å². The van der Waals surface area contributed by atoms with Crippen LogP contribution >= 0.6 is 11.6 Å². The zero-order valence-corrected chi connectivity index (χ0v) is 13.8. The normalized spacial score (nSPS) is 11.4. The average Bonchev–Trinajstić information content (AvgIpc) is 2.34. The van der Waals surface area contributed by atoms with Gasteiger partial charge < -0.3 is 15.2 Å². The van der Waals surface area contributed by atoms with E-state index in [0.29, 0.717) is 31.0 Å². The summed E-state index contributed by atoms with van der Waals surface area (Å²) in [4.78, 5) is 14.3. The topological polar surface area (TPSA) is 106 Å². The Morgan fingerprint density at radius 2 is 2.14 bits per heavy atom. The molecule has 0 unspecified atom stereocenters. The summed E-state index contributed by atoms with van der Waals surface area (Å²) in [6.07, 6.45) is 2.62. The summed E-state index contributed by atoms with van der Waals surface area (Å²) in [5.41, 5.74) is 0.579. The molecule has 0 saturated heterocycles. The number of aromatic nitrogens is 1. The number of ether oxygens (including phenoxy) is 1. The number of hydrogen-bond acceptors (Lipinski definition) is 6. The van der Waals surface area contributed by atoms with Crippen molar-refractivity contribution < 1.29 is 23.1 Å². The molecule has 0 saturated carbocycles. The first-order valence-electron chi connectivity index (χ1n) is 6.64. The highest BCUT2D eigenvalue weighted by atomic mass is 35.5. The molecule has 7 nitrogen and oxygen atoms in total. The van der Waals surface area contributed by atoms with Gasteiger partial charge in [0.25, 0.3) is 0 Å². The number of aliphatic carboxylic acids is 1. The first-order chi connectivity index (χ1) is 10.3. The SMILES string of the molecule is CS(=O)(=O)Cc1cc(Cl)nc(NCCCCOCC(=O)O)c1. The Hall–Kier alpha value is -1.38. The molecule has 2 N–H and O–H groups in total. The van der Waals surface area contributed by atoms with Crippen molar-refractivity contribution in [1.82, 2.24) is 4.98 Å². The maximum atomic E-state index is 11.3. The Labute approximate surface area is 134 Å². The van der Waals surface area contributed by atoms with Crippen molar-refractivity contribution in [3.8, 4) is 0 Å². The van der Waals surface area contributed by atoms with Crippen LogP contribution in [-0.2, 0) is 25.1 Å². The van der Waals surface area contributed by atoms with Crippen LogP contribution in [0.25, 0.3) is 0 Å². The molecule has 0 fully saturated rings. The highest BCUT2D eigenvalue weighted by Gasteiger charge is 2.07. The van der Waals surface area contributed by atoms with Gasteiger partial charge in [-0.1, -0.05) is 11.6 Å². The van der Waals surface area contributed by atoms with E-state index >= 15 is 0 Å². The Kier molecular flexibility index (Phi) is 7.57. The number of anilines is 1. The summed E-state index contributed by atoms with van der Waals surface area (Å²) >= 11 is 5.87. The van der Waals surface area contributed by atoms with Crippen molar-refractivity contribution in [3.63, 3.8) is 0 Å². The fourth-order valence-corrected chi connectivity index (χ4v) is 2.73. The van der Waals surface area contributed by atoms with Crippen LogP contribution in [0, 0.1) is 0 Å². The molecule has 0 radical (unpaired) electrons. The van der Waals surface area contributed by atoms with Gasteiger partial charge in [0.15, 0.2) is 9.84 Å². The predicted octanol–water partition coefficient (Wildman–Crippen LogP) is 1.57. The largest absolute Gasteiger partial charge is 0.480 e. The molecule has 1 aromatic heterocycles. The van der Waals surface area contributed by atoms with Gasteiger partial charge in [-0.05, 0) is 30.5 Å². The van der Waals surface area contributed by atoms with Crippen LogP contribution in [-0.4, -0.2) is 50.5 Å². The molecule has 0 aromatic carbocycles. The predicted molar refractivity (Wildman–Crippen MR) is 84.0 cm³/mol. The quantitative estimate of drug-likeness (QED) is 0.487. The molecule has 0 bridgehead atoms. The number of carbonyl (C=O) groups is 1. The number of carboxylic acids is 1. The van der Waals surface area contributed by atoms with Gasteiger partial charge in [0, 0.05) is 19.4 Å². The monoisotopic (exact) mass is 350 g/mol. The van der Waals surface area contributed by atoms with Crippen LogP contribution in [0.5, 0.6) is 0 Å². The van der Waals surface area contributed by atoms with Gasteiger partial charge >= 0.3 is 5.97 Å². The zero-order chi connectivity index (χ0) is 16.6. The molecule has 0 amide bonds. The summed E-state index contributed by atoms with van der Waals surface area (Å²) in [6, 6.07) is 3.17. The lowest BCUT2D eigenvalue weighted by atomic mass is 10.3. The summed E-state index contributed by atoms with van der Waals surface area (Å²) in [5, 5.41) is 11.7. The molecule has 0 atom stereocenters. The fourth-order valence-electron chi connectivity index (χ4n) is 1.73. The molecular weight excluding hydrogens is 332 g/mol. The van der Waals surface area contributed by atoms with Gasteiger partial charge in [-0.2, -0.15) is 0 Å². The molecule has 22 heavy (non-hydrogen) atoms. The smallest absolute Gasteiger partial charge is 0.329 e. The van der Waals surface area contributed by atoms with Gasteiger partial charge in [-0.3, -0.25) is 0 Å². The first-order valence-corrected chi connectivity index (χ1v) is 9.08. The molecule has 0 spiro atoms. The third-order valence-corrected chi connectivity index (χ3v) is 3.58. The minimum absolute atomic E-state index is 0.0903. The number of nitrogens with zero attached hydrogens (tertiary/aromatic N) is 1. The second-order valence-electron chi connectivity index (χ2n) is 4.83. The molecule has 1 aromatic rings. The Balaban J connectivity index is 2.38. The number of unbranched alkanes of at least 4 members (excludes halogenated alkanes) is 1. The van der Waals surface area contributed by atoms with Crippen molar-refractivity contribution in [2.24, 2.45) is 0 Å². The average molecular weight is 351 g/mol. The third kappa shape index (κ3) is 8.81. The van der Waals surface area contributed by atoms with Crippen molar-refractivity contribution in [1.29, 1.82) is 0 Å². The highest BCUT2D eigenvalue weighted by molar-refractivity contribution is 7.89. The summed E-state index contributed by atoms with van der Waals surface area (Å²) in [5.74, 6) is -0.565. The lowest BCUT2D eigenvalue weighted by Gasteiger charge is -2.08. The number of halogens is 1. The molecule has 1 rings (SSSR count). The molecular formula is C13H19ClN2O5S. The van der Waals surface area contributed by atoms with Crippen molar-refractivity contribution in [2.75, 3.05) is 31.3 Å². The van der Waals surface area contributed by atoms with Crippen molar-refractivity contribution in [3.05, 3.63) is 22.8 Å². The van der Waals surface area contributed by atoms with E-state index in [1.54, 1.807) is 6.07 Å². The minimum Gasteiger partial charge on any atom is -0.480 e. The number of hydrogen-bond donors (Lipinski definition) is 2. The molecule has 0 aliphatic rings. The number of sulfone groups is 1. The van der Waals surface area contributed by atoms with E-state index in [2.05, 4.69) is 10.3 Å². The maximum Gasteiger partial charge on any atom is 0.329 e. The van der Waals surface area contributed by atoms with Crippen LogP contribution in [0.1, 0.15) is 18.4 Å². The maximum absolute atomic E-state index is 11.3. The number of nitrogens with one attached hydrogen (secondary N) is 1. The highest BCUT2D eigenvalue weighted by Crippen LogP contribution is 2.16. The van der Waals surface area contributed by atoms with E-state index in [1.807, 2.05) is 0 Å². The molecule has 9 heteroatoms. The summed E-state index contributed by atoms with van der Waals surface area (Å²) in [6.45, 7) is 0.677. The van der Waals surface area contributed by atoms with E-state index in [9.17, 15) is 13.2 Å². The molecule has 0 aliphatic heterocycles. The number of carboxylic acid groups (broad SMARTS) is 1. The minimum atomic E-state index is -3.13. The van der Waals surface area contributed by atoms with Gasteiger partial charge in [0.05, 0.1) is 5.75 Å². The first kappa shape index (κ1) is 18.7. The molecule has 124 valence electrons. The Morgan fingerprint density at radius 3 is 2.77 bits per heavy atom. The fraction of sp³-hybridized carbons (Fsp3) is 0.538. The van der Waals surface area contributed by atoms with Crippen LogP contribution in [0.15, 0.2) is 12.1 Å². The standard InChI is InChI=1S/C13H19ClN2O5S/c1-22(19,20)9-10-6-11(14)16-12(7-10)15-4-2-3-5-21-8-13(17)18/h6-7H,2-5,8-9H2,1H3,(H,15,16)(H,17,18). The lowest BCUT2D eigenvalue weighted by molar-refractivity contribution is -0.142.